The quantitative estimate of drug-likeness (QED) is 0.885. The summed E-state index contributed by atoms with van der Waals surface area (Å²) in [6.07, 6.45) is 7.46. The van der Waals surface area contributed by atoms with Gasteiger partial charge in [0, 0.05) is 12.2 Å². The molecule has 1 aromatic rings. The average Bonchev–Trinajstić information content (AvgIpc) is 2.41. The zero-order valence-electron chi connectivity index (χ0n) is 12.3. The summed E-state index contributed by atoms with van der Waals surface area (Å²) in [7, 11) is 0. The van der Waals surface area contributed by atoms with Crippen molar-refractivity contribution in [2.45, 2.75) is 39.0 Å². The standard InChI is InChI=1S/C17H25N3/c1-10-2-3-16(18)17(20-10)19-9-15-13-5-11-4-12(7-13)8-14(15)6-11/h2-3,11-15H,4-9,18H2,1H3,(H,19,20). The third-order valence-electron chi connectivity index (χ3n) is 5.99. The minimum Gasteiger partial charge on any atom is -0.396 e. The predicted octanol–water partition coefficient (Wildman–Crippen LogP) is 3.46. The van der Waals surface area contributed by atoms with Gasteiger partial charge < -0.3 is 11.1 Å². The minimum absolute atomic E-state index is 0.777. The number of aromatic nitrogens is 1. The summed E-state index contributed by atoms with van der Waals surface area (Å²) in [6, 6.07) is 3.94. The van der Waals surface area contributed by atoms with Crippen molar-refractivity contribution >= 4 is 11.5 Å². The fraction of sp³-hybridized carbons (Fsp3) is 0.706. The summed E-state index contributed by atoms with van der Waals surface area (Å²) in [5, 5.41) is 3.55. The highest BCUT2D eigenvalue weighted by atomic mass is 15.0. The molecule has 4 bridgehead atoms. The number of aryl methyl sites for hydroxylation is 1. The zero-order chi connectivity index (χ0) is 13.7. The Morgan fingerprint density at radius 2 is 1.75 bits per heavy atom. The van der Waals surface area contributed by atoms with Gasteiger partial charge in [-0.05, 0) is 80.8 Å². The van der Waals surface area contributed by atoms with Crippen LogP contribution in [0.25, 0.3) is 0 Å². The van der Waals surface area contributed by atoms with E-state index in [9.17, 15) is 0 Å². The van der Waals surface area contributed by atoms with Gasteiger partial charge in [0.15, 0.2) is 0 Å². The van der Waals surface area contributed by atoms with Crippen LogP contribution in [0.3, 0.4) is 0 Å². The van der Waals surface area contributed by atoms with Crippen LogP contribution in [-0.2, 0) is 0 Å². The molecule has 0 unspecified atom stereocenters. The first kappa shape index (κ1) is 12.5. The lowest BCUT2D eigenvalue weighted by atomic mass is 9.52. The number of pyridine rings is 1. The number of nitrogen functional groups attached to an aromatic ring is 1. The Bertz CT molecular complexity index is 483. The number of rotatable bonds is 3. The summed E-state index contributed by atoms with van der Waals surface area (Å²) in [5.41, 5.74) is 7.84. The van der Waals surface area contributed by atoms with Crippen LogP contribution in [0, 0.1) is 36.5 Å². The number of nitrogens with zero attached hydrogens (tertiary/aromatic N) is 1. The van der Waals surface area contributed by atoms with Gasteiger partial charge in [0.1, 0.15) is 5.82 Å². The second-order valence-electron chi connectivity index (χ2n) is 7.37. The molecular weight excluding hydrogens is 246 g/mol. The van der Waals surface area contributed by atoms with Gasteiger partial charge in [-0.1, -0.05) is 0 Å². The molecule has 0 radical (unpaired) electrons. The van der Waals surface area contributed by atoms with Crippen LogP contribution in [0.4, 0.5) is 11.5 Å². The molecule has 0 amide bonds. The van der Waals surface area contributed by atoms with E-state index in [2.05, 4.69) is 10.3 Å². The first-order valence-corrected chi connectivity index (χ1v) is 8.16. The van der Waals surface area contributed by atoms with Crippen LogP contribution in [0.15, 0.2) is 12.1 Å². The molecule has 0 saturated heterocycles. The van der Waals surface area contributed by atoms with E-state index in [1.165, 1.54) is 32.1 Å². The Balaban J connectivity index is 1.46. The van der Waals surface area contributed by atoms with Crippen molar-refractivity contribution in [3.8, 4) is 0 Å². The monoisotopic (exact) mass is 271 g/mol. The molecule has 0 spiro atoms. The minimum atomic E-state index is 0.777. The van der Waals surface area contributed by atoms with Crippen LogP contribution in [-0.4, -0.2) is 11.5 Å². The Morgan fingerprint density at radius 1 is 1.10 bits per heavy atom. The lowest BCUT2D eigenvalue weighted by molar-refractivity contribution is -0.0305. The van der Waals surface area contributed by atoms with Crippen molar-refractivity contribution in [2.24, 2.45) is 29.6 Å². The molecule has 0 aliphatic heterocycles. The zero-order valence-corrected chi connectivity index (χ0v) is 12.3. The second kappa shape index (κ2) is 4.64. The summed E-state index contributed by atoms with van der Waals surface area (Å²) in [4.78, 5) is 4.54. The normalized spacial score (nSPS) is 38.1. The van der Waals surface area contributed by atoms with E-state index in [1.54, 1.807) is 0 Å². The molecule has 4 fully saturated rings. The van der Waals surface area contributed by atoms with Gasteiger partial charge in [0.2, 0.25) is 0 Å². The van der Waals surface area contributed by atoms with Gasteiger partial charge in [-0.2, -0.15) is 0 Å². The molecule has 4 aliphatic rings. The molecule has 20 heavy (non-hydrogen) atoms. The van der Waals surface area contributed by atoms with Gasteiger partial charge in [-0.25, -0.2) is 4.98 Å². The topological polar surface area (TPSA) is 50.9 Å². The Morgan fingerprint density at radius 3 is 2.40 bits per heavy atom. The number of hydrogen-bond acceptors (Lipinski definition) is 3. The highest BCUT2D eigenvalue weighted by Gasteiger charge is 2.47. The SMILES string of the molecule is Cc1ccc(N)c(NCC2C3CC4CC(C3)CC2C4)n1. The van der Waals surface area contributed by atoms with Crippen LogP contribution in [0.5, 0.6) is 0 Å². The van der Waals surface area contributed by atoms with Gasteiger partial charge >= 0.3 is 0 Å². The van der Waals surface area contributed by atoms with E-state index < -0.39 is 0 Å². The smallest absolute Gasteiger partial charge is 0.149 e. The van der Waals surface area contributed by atoms with Gasteiger partial charge in [0.05, 0.1) is 5.69 Å². The van der Waals surface area contributed by atoms with Crippen molar-refractivity contribution in [1.82, 2.24) is 4.98 Å². The molecule has 3 nitrogen and oxygen atoms in total. The predicted molar refractivity (Wildman–Crippen MR) is 82.4 cm³/mol. The van der Waals surface area contributed by atoms with Gasteiger partial charge in [0.25, 0.3) is 0 Å². The van der Waals surface area contributed by atoms with Crippen LogP contribution >= 0.6 is 0 Å². The number of hydrogen-bond donors (Lipinski definition) is 2. The summed E-state index contributed by atoms with van der Waals surface area (Å²) in [6.45, 7) is 3.09. The van der Waals surface area contributed by atoms with Gasteiger partial charge in [-0.15, -0.1) is 0 Å². The molecule has 1 aromatic heterocycles. The van der Waals surface area contributed by atoms with Crippen LogP contribution < -0.4 is 11.1 Å². The molecule has 108 valence electrons. The first-order chi connectivity index (χ1) is 9.69. The fourth-order valence-corrected chi connectivity index (χ4v) is 5.29. The Labute approximate surface area is 121 Å². The van der Waals surface area contributed by atoms with E-state index in [4.69, 9.17) is 5.73 Å². The summed E-state index contributed by atoms with van der Waals surface area (Å²) in [5.74, 6) is 5.77. The molecule has 4 aliphatic carbocycles. The first-order valence-electron chi connectivity index (χ1n) is 8.16. The Kier molecular flexibility index (Phi) is 2.90. The van der Waals surface area contributed by atoms with E-state index >= 15 is 0 Å². The highest BCUT2D eigenvalue weighted by molar-refractivity contribution is 5.61. The highest BCUT2D eigenvalue weighted by Crippen LogP contribution is 2.56. The van der Waals surface area contributed by atoms with Crippen molar-refractivity contribution in [1.29, 1.82) is 0 Å². The third-order valence-corrected chi connectivity index (χ3v) is 5.99. The molecule has 1 heterocycles. The second-order valence-corrected chi connectivity index (χ2v) is 7.37. The maximum Gasteiger partial charge on any atom is 0.149 e. The van der Waals surface area contributed by atoms with E-state index in [-0.39, 0.29) is 0 Å². The molecule has 0 atom stereocenters. The lowest BCUT2D eigenvalue weighted by Gasteiger charge is -2.54. The van der Waals surface area contributed by atoms with Crippen LogP contribution in [0.2, 0.25) is 0 Å². The third kappa shape index (κ3) is 2.07. The van der Waals surface area contributed by atoms with E-state index in [0.717, 1.165) is 53.3 Å². The summed E-state index contributed by atoms with van der Waals surface area (Å²) < 4.78 is 0. The lowest BCUT2D eigenvalue weighted by Crippen LogP contribution is -2.47. The molecular formula is C17H25N3. The fourth-order valence-electron chi connectivity index (χ4n) is 5.29. The van der Waals surface area contributed by atoms with Crippen LogP contribution in [0.1, 0.15) is 37.8 Å². The molecule has 3 heteroatoms. The molecule has 3 N–H and O–H groups in total. The van der Waals surface area contributed by atoms with Crippen molar-refractivity contribution in [2.75, 3.05) is 17.6 Å². The summed E-state index contributed by atoms with van der Waals surface area (Å²) >= 11 is 0. The molecule has 0 aromatic carbocycles. The van der Waals surface area contributed by atoms with E-state index in [0.29, 0.717) is 0 Å². The van der Waals surface area contributed by atoms with Crippen molar-refractivity contribution < 1.29 is 0 Å². The maximum absolute atomic E-state index is 6.02. The molecule has 5 rings (SSSR count). The number of nitrogens with two attached hydrogens (primary N) is 1. The average molecular weight is 271 g/mol. The number of nitrogens with one attached hydrogen (secondary N) is 1. The number of anilines is 2. The maximum atomic E-state index is 6.02. The molecule has 4 saturated carbocycles. The van der Waals surface area contributed by atoms with Crippen molar-refractivity contribution in [3.05, 3.63) is 17.8 Å². The van der Waals surface area contributed by atoms with E-state index in [1.807, 2.05) is 19.1 Å². The van der Waals surface area contributed by atoms with Crippen molar-refractivity contribution in [3.63, 3.8) is 0 Å². The van der Waals surface area contributed by atoms with Gasteiger partial charge in [-0.3, -0.25) is 0 Å². The Hall–Kier alpha value is -1.25. The largest absolute Gasteiger partial charge is 0.396 e.